The SMILES string of the molecule is CN(Cc1ccc(C(=O)NCC(F)(F)F)cc1)c1nnnn1-c1ccccc1. The molecule has 0 bridgehead atoms. The predicted molar refractivity (Wildman–Crippen MR) is 96.1 cm³/mol. The van der Waals surface area contributed by atoms with Gasteiger partial charge in [0.2, 0.25) is 5.95 Å². The number of benzene rings is 2. The summed E-state index contributed by atoms with van der Waals surface area (Å²) in [5.74, 6) is -0.247. The molecule has 7 nitrogen and oxygen atoms in total. The second kappa shape index (κ2) is 8.07. The number of rotatable bonds is 6. The highest BCUT2D eigenvalue weighted by molar-refractivity contribution is 5.94. The fraction of sp³-hybridized carbons (Fsp3) is 0.222. The summed E-state index contributed by atoms with van der Waals surface area (Å²) in [4.78, 5) is 13.6. The molecular formula is C18H17F3N6O. The monoisotopic (exact) mass is 390 g/mol. The van der Waals surface area contributed by atoms with Gasteiger partial charge in [0.25, 0.3) is 5.91 Å². The van der Waals surface area contributed by atoms with Crippen LogP contribution in [-0.4, -0.2) is 45.9 Å². The van der Waals surface area contributed by atoms with E-state index in [1.54, 1.807) is 16.8 Å². The molecule has 0 atom stereocenters. The molecule has 28 heavy (non-hydrogen) atoms. The Bertz CT molecular complexity index is 924. The van der Waals surface area contributed by atoms with Gasteiger partial charge >= 0.3 is 6.18 Å². The number of nitrogens with zero attached hydrogens (tertiary/aromatic N) is 5. The number of carbonyl (C=O) groups excluding carboxylic acids is 1. The van der Waals surface area contributed by atoms with Gasteiger partial charge in [-0.15, -0.1) is 0 Å². The van der Waals surface area contributed by atoms with E-state index in [2.05, 4.69) is 15.5 Å². The molecule has 0 spiro atoms. The van der Waals surface area contributed by atoms with Crippen LogP contribution in [-0.2, 0) is 6.54 Å². The molecule has 0 fully saturated rings. The quantitative estimate of drug-likeness (QED) is 0.700. The Morgan fingerprint density at radius 1 is 1.11 bits per heavy atom. The van der Waals surface area contributed by atoms with Crippen molar-refractivity contribution >= 4 is 11.9 Å². The number of hydrogen-bond donors (Lipinski definition) is 1. The number of alkyl halides is 3. The van der Waals surface area contributed by atoms with Crippen LogP contribution in [0.15, 0.2) is 54.6 Å². The summed E-state index contributed by atoms with van der Waals surface area (Å²) < 4.78 is 38.2. The number of hydrogen-bond acceptors (Lipinski definition) is 5. The third-order valence-corrected chi connectivity index (χ3v) is 3.88. The summed E-state index contributed by atoms with van der Waals surface area (Å²) in [5.41, 5.74) is 1.81. The van der Waals surface area contributed by atoms with Crippen LogP contribution in [0.1, 0.15) is 15.9 Å². The van der Waals surface area contributed by atoms with Gasteiger partial charge in [-0.2, -0.15) is 17.9 Å². The van der Waals surface area contributed by atoms with Crippen LogP contribution in [0.3, 0.4) is 0 Å². The summed E-state index contributed by atoms with van der Waals surface area (Å²) in [6, 6.07) is 15.7. The van der Waals surface area contributed by atoms with Crippen molar-refractivity contribution in [1.82, 2.24) is 25.5 Å². The molecule has 0 aliphatic rings. The molecule has 1 heterocycles. The third-order valence-electron chi connectivity index (χ3n) is 3.88. The maximum Gasteiger partial charge on any atom is 0.405 e. The van der Waals surface area contributed by atoms with Gasteiger partial charge in [0.1, 0.15) is 6.54 Å². The topological polar surface area (TPSA) is 75.9 Å². The van der Waals surface area contributed by atoms with Crippen molar-refractivity contribution in [3.8, 4) is 5.69 Å². The molecule has 1 aromatic heterocycles. The Balaban J connectivity index is 1.67. The van der Waals surface area contributed by atoms with Gasteiger partial charge in [-0.1, -0.05) is 35.4 Å². The van der Waals surface area contributed by atoms with Gasteiger partial charge in [0.05, 0.1) is 5.69 Å². The minimum atomic E-state index is -4.44. The Hall–Kier alpha value is -3.43. The molecular weight excluding hydrogens is 373 g/mol. The van der Waals surface area contributed by atoms with E-state index in [-0.39, 0.29) is 5.56 Å². The lowest BCUT2D eigenvalue weighted by Gasteiger charge is -2.18. The summed E-state index contributed by atoms with van der Waals surface area (Å²) >= 11 is 0. The first kappa shape index (κ1) is 19.3. The third kappa shape index (κ3) is 4.84. The highest BCUT2D eigenvalue weighted by Gasteiger charge is 2.27. The summed E-state index contributed by atoms with van der Waals surface area (Å²) in [7, 11) is 1.81. The molecule has 1 amide bonds. The highest BCUT2D eigenvalue weighted by Crippen LogP contribution is 2.17. The Labute approximate surface area is 158 Å². The fourth-order valence-corrected chi connectivity index (χ4v) is 2.55. The normalized spacial score (nSPS) is 11.3. The summed E-state index contributed by atoms with van der Waals surface area (Å²) in [5, 5.41) is 13.6. The molecule has 146 valence electrons. The van der Waals surface area contributed by atoms with Crippen molar-refractivity contribution in [2.24, 2.45) is 0 Å². The lowest BCUT2D eigenvalue weighted by atomic mass is 10.1. The van der Waals surface area contributed by atoms with Crippen LogP contribution in [0.25, 0.3) is 5.69 Å². The zero-order valence-corrected chi connectivity index (χ0v) is 14.9. The van der Waals surface area contributed by atoms with Crippen LogP contribution in [0.2, 0.25) is 0 Å². The number of aromatic nitrogens is 4. The molecule has 0 aliphatic heterocycles. The van der Waals surface area contributed by atoms with Crippen LogP contribution in [0, 0.1) is 0 Å². The maximum absolute atomic E-state index is 12.2. The second-order valence-electron chi connectivity index (χ2n) is 6.08. The Kier molecular flexibility index (Phi) is 5.57. The van der Waals surface area contributed by atoms with E-state index in [1.165, 1.54) is 12.1 Å². The van der Waals surface area contributed by atoms with Gasteiger partial charge in [-0.3, -0.25) is 4.79 Å². The van der Waals surface area contributed by atoms with Crippen molar-refractivity contribution < 1.29 is 18.0 Å². The molecule has 3 rings (SSSR count). The van der Waals surface area contributed by atoms with Crippen molar-refractivity contribution in [2.75, 3.05) is 18.5 Å². The summed E-state index contributed by atoms with van der Waals surface area (Å²) in [6.45, 7) is -0.921. The average molecular weight is 390 g/mol. The Morgan fingerprint density at radius 2 is 1.79 bits per heavy atom. The zero-order valence-electron chi connectivity index (χ0n) is 14.9. The molecule has 0 unspecified atom stereocenters. The van der Waals surface area contributed by atoms with E-state index in [0.29, 0.717) is 12.5 Å². The number of amides is 1. The first-order chi connectivity index (χ1) is 13.3. The smallest absolute Gasteiger partial charge is 0.343 e. The van der Waals surface area contributed by atoms with Crippen molar-refractivity contribution in [3.63, 3.8) is 0 Å². The Morgan fingerprint density at radius 3 is 2.43 bits per heavy atom. The maximum atomic E-state index is 12.2. The van der Waals surface area contributed by atoms with Gasteiger partial charge in [0.15, 0.2) is 0 Å². The van der Waals surface area contributed by atoms with E-state index < -0.39 is 18.6 Å². The molecule has 3 aromatic rings. The van der Waals surface area contributed by atoms with Crippen molar-refractivity contribution in [3.05, 3.63) is 65.7 Å². The largest absolute Gasteiger partial charge is 0.405 e. The van der Waals surface area contributed by atoms with E-state index >= 15 is 0 Å². The van der Waals surface area contributed by atoms with Crippen molar-refractivity contribution in [1.29, 1.82) is 0 Å². The van der Waals surface area contributed by atoms with Gasteiger partial charge in [-0.05, 0) is 40.3 Å². The van der Waals surface area contributed by atoms with E-state index in [9.17, 15) is 18.0 Å². The number of halogens is 3. The lowest BCUT2D eigenvalue weighted by molar-refractivity contribution is -0.123. The molecule has 10 heteroatoms. The number of carbonyl (C=O) groups is 1. The van der Waals surface area contributed by atoms with Gasteiger partial charge in [-0.25, -0.2) is 0 Å². The minimum absolute atomic E-state index is 0.157. The minimum Gasteiger partial charge on any atom is -0.343 e. The predicted octanol–water partition coefficient (Wildman–Crippen LogP) is 2.59. The molecule has 0 radical (unpaired) electrons. The van der Waals surface area contributed by atoms with E-state index in [0.717, 1.165) is 11.3 Å². The van der Waals surface area contributed by atoms with Gasteiger partial charge in [0, 0.05) is 19.2 Å². The van der Waals surface area contributed by atoms with Crippen LogP contribution < -0.4 is 10.2 Å². The fourth-order valence-electron chi connectivity index (χ4n) is 2.55. The first-order valence-electron chi connectivity index (χ1n) is 8.32. The molecule has 0 aliphatic carbocycles. The lowest BCUT2D eigenvalue weighted by Crippen LogP contribution is -2.33. The second-order valence-corrected chi connectivity index (χ2v) is 6.08. The standard InChI is InChI=1S/C18H17F3N6O/c1-26(17-23-24-25-27(17)15-5-3-2-4-6-15)11-13-7-9-14(10-8-13)16(28)22-12-18(19,20)21/h2-10H,11-12H2,1H3,(H,22,28). The molecule has 0 saturated heterocycles. The number of tetrazole rings is 1. The number of nitrogens with one attached hydrogen (secondary N) is 1. The highest BCUT2D eigenvalue weighted by atomic mass is 19.4. The first-order valence-corrected chi connectivity index (χ1v) is 8.32. The zero-order chi connectivity index (χ0) is 20.1. The number of para-hydroxylation sites is 1. The van der Waals surface area contributed by atoms with Crippen LogP contribution in [0.5, 0.6) is 0 Å². The van der Waals surface area contributed by atoms with Crippen LogP contribution >= 0.6 is 0 Å². The van der Waals surface area contributed by atoms with E-state index in [4.69, 9.17) is 0 Å². The average Bonchev–Trinajstić information content (AvgIpc) is 3.17. The van der Waals surface area contributed by atoms with E-state index in [1.807, 2.05) is 47.6 Å². The van der Waals surface area contributed by atoms with Crippen molar-refractivity contribution in [2.45, 2.75) is 12.7 Å². The van der Waals surface area contributed by atoms with Gasteiger partial charge < -0.3 is 10.2 Å². The molecule has 0 saturated carbocycles. The summed E-state index contributed by atoms with van der Waals surface area (Å²) in [6.07, 6.45) is -4.44. The number of anilines is 1. The molecule has 1 N–H and O–H groups in total. The molecule has 2 aromatic carbocycles. The van der Waals surface area contributed by atoms with Crippen LogP contribution in [0.4, 0.5) is 19.1 Å².